The van der Waals surface area contributed by atoms with Crippen LogP contribution >= 0.6 is 15.9 Å². The molecule has 1 heterocycles. The Bertz CT molecular complexity index is 521. The van der Waals surface area contributed by atoms with Crippen LogP contribution in [-0.2, 0) is 0 Å². The molecule has 5 nitrogen and oxygen atoms in total. The molecule has 0 radical (unpaired) electrons. The maximum atomic E-state index is 10.8. The topological polar surface area (TPSA) is 71.8 Å². The van der Waals surface area contributed by atoms with Crippen LogP contribution in [0.25, 0.3) is 10.9 Å². The number of halogens is 1. The third-order valence-electron chi connectivity index (χ3n) is 2.08. The van der Waals surface area contributed by atoms with E-state index in [1.54, 1.807) is 19.2 Å². The van der Waals surface area contributed by atoms with Crippen molar-refractivity contribution < 1.29 is 4.92 Å². The van der Waals surface area contributed by atoms with Gasteiger partial charge < -0.3 is 0 Å². The van der Waals surface area contributed by atoms with Gasteiger partial charge >= 0.3 is 0 Å². The lowest BCUT2D eigenvalue weighted by atomic mass is 10.1. The molecule has 0 aliphatic heterocycles. The van der Waals surface area contributed by atoms with Gasteiger partial charge in [-0.05, 0) is 13.0 Å². The molecule has 14 heavy (non-hydrogen) atoms. The van der Waals surface area contributed by atoms with Crippen LogP contribution in [0, 0.1) is 17.0 Å². The minimum Gasteiger partial charge on any atom is -0.271 e. The molecule has 0 aliphatic rings. The van der Waals surface area contributed by atoms with Crippen LogP contribution in [0.4, 0.5) is 5.69 Å². The fourth-order valence-electron chi connectivity index (χ4n) is 1.37. The Hall–Kier alpha value is -1.43. The van der Waals surface area contributed by atoms with Crippen molar-refractivity contribution in [3.05, 3.63) is 32.4 Å². The van der Waals surface area contributed by atoms with Crippen LogP contribution in [0.3, 0.4) is 0 Å². The Labute approximate surface area is 87.4 Å². The van der Waals surface area contributed by atoms with E-state index in [0.717, 1.165) is 9.86 Å². The summed E-state index contributed by atoms with van der Waals surface area (Å²) in [5.74, 6) is 0. The van der Waals surface area contributed by atoms with Crippen LogP contribution in [0.5, 0.6) is 0 Å². The van der Waals surface area contributed by atoms with Crippen molar-refractivity contribution in [2.75, 3.05) is 0 Å². The number of aromatic nitrogens is 2. The molecule has 0 bridgehead atoms. The van der Waals surface area contributed by atoms with Crippen molar-refractivity contribution in [2.45, 2.75) is 6.92 Å². The summed E-state index contributed by atoms with van der Waals surface area (Å²) in [5.41, 5.74) is 1.15. The zero-order chi connectivity index (χ0) is 10.3. The van der Waals surface area contributed by atoms with Gasteiger partial charge in [-0.25, -0.2) is 0 Å². The zero-order valence-corrected chi connectivity index (χ0v) is 8.83. The Kier molecular flexibility index (Phi) is 1.99. The number of hydrogen-bond acceptors (Lipinski definition) is 3. The summed E-state index contributed by atoms with van der Waals surface area (Å²) in [6.07, 6.45) is 1.56. The highest BCUT2D eigenvalue weighted by molar-refractivity contribution is 9.10. The molecule has 0 atom stereocenters. The summed E-state index contributed by atoms with van der Waals surface area (Å²) >= 11 is 3.27. The van der Waals surface area contributed by atoms with Crippen LogP contribution in [0.1, 0.15) is 5.56 Å². The molecule has 0 fully saturated rings. The number of nitrogens with one attached hydrogen (secondary N) is 1. The number of hydrogen-bond donors (Lipinski definition) is 1. The lowest BCUT2D eigenvalue weighted by Gasteiger charge is -2.00. The summed E-state index contributed by atoms with van der Waals surface area (Å²) in [5, 5.41) is 18.0. The maximum Gasteiger partial charge on any atom is 0.298 e. The predicted octanol–water partition coefficient (Wildman–Crippen LogP) is 2.54. The van der Waals surface area contributed by atoms with Crippen molar-refractivity contribution in [1.29, 1.82) is 0 Å². The van der Waals surface area contributed by atoms with E-state index < -0.39 is 4.92 Å². The van der Waals surface area contributed by atoms with E-state index in [1.807, 2.05) is 0 Å². The highest BCUT2D eigenvalue weighted by Gasteiger charge is 2.19. The normalized spacial score (nSPS) is 10.7. The average Bonchev–Trinajstić information content (AvgIpc) is 2.52. The third kappa shape index (κ3) is 1.19. The van der Waals surface area contributed by atoms with Crippen LogP contribution in [-0.4, -0.2) is 15.1 Å². The molecule has 0 aliphatic carbocycles. The number of benzene rings is 1. The first-order valence-electron chi connectivity index (χ1n) is 3.88. The van der Waals surface area contributed by atoms with Gasteiger partial charge in [-0.2, -0.15) is 5.10 Å². The predicted molar refractivity (Wildman–Crippen MR) is 55.2 cm³/mol. The third-order valence-corrected chi connectivity index (χ3v) is 2.91. The molecule has 1 aromatic heterocycles. The smallest absolute Gasteiger partial charge is 0.271 e. The number of nitro benzene ring substituents is 1. The van der Waals surface area contributed by atoms with Crippen molar-refractivity contribution in [2.24, 2.45) is 0 Å². The van der Waals surface area contributed by atoms with E-state index in [9.17, 15) is 10.1 Å². The van der Waals surface area contributed by atoms with Crippen molar-refractivity contribution in [1.82, 2.24) is 10.2 Å². The second-order valence-corrected chi connectivity index (χ2v) is 3.78. The zero-order valence-electron chi connectivity index (χ0n) is 7.24. The molecular weight excluding hydrogens is 250 g/mol. The van der Waals surface area contributed by atoms with E-state index in [-0.39, 0.29) is 5.69 Å². The lowest BCUT2D eigenvalue weighted by Crippen LogP contribution is -1.94. The maximum absolute atomic E-state index is 10.8. The van der Waals surface area contributed by atoms with Gasteiger partial charge in [0.05, 0.1) is 11.1 Å². The minimum absolute atomic E-state index is 0.0758. The molecule has 0 unspecified atom stereocenters. The quantitative estimate of drug-likeness (QED) is 0.629. The van der Waals surface area contributed by atoms with Gasteiger partial charge in [-0.3, -0.25) is 15.2 Å². The molecule has 72 valence electrons. The van der Waals surface area contributed by atoms with E-state index >= 15 is 0 Å². The van der Waals surface area contributed by atoms with Gasteiger partial charge in [0, 0.05) is 15.4 Å². The summed E-state index contributed by atoms with van der Waals surface area (Å²) in [7, 11) is 0. The molecule has 1 aromatic carbocycles. The summed E-state index contributed by atoms with van der Waals surface area (Å²) in [4.78, 5) is 10.4. The van der Waals surface area contributed by atoms with E-state index in [1.165, 1.54) is 0 Å². The Morgan fingerprint density at radius 2 is 2.36 bits per heavy atom. The number of aromatic amines is 1. The molecule has 0 amide bonds. The lowest BCUT2D eigenvalue weighted by molar-refractivity contribution is -0.383. The molecule has 0 saturated carbocycles. The van der Waals surface area contributed by atoms with Gasteiger partial charge in [0.15, 0.2) is 0 Å². The van der Waals surface area contributed by atoms with Gasteiger partial charge in [0.25, 0.3) is 5.69 Å². The molecule has 2 aromatic rings. The Balaban J connectivity index is 2.93. The van der Waals surface area contributed by atoms with E-state index in [4.69, 9.17) is 0 Å². The summed E-state index contributed by atoms with van der Waals surface area (Å²) < 4.78 is 0.720. The van der Waals surface area contributed by atoms with Gasteiger partial charge in [-0.1, -0.05) is 15.9 Å². The van der Waals surface area contributed by atoms with Crippen molar-refractivity contribution >= 4 is 32.5 Å². The highest BCUT2D eigenvalue weighted by atomic mass is 79.9. The van der Waals surface area contributed by atoms with Crippen molar-refractivity contribution in [3.63, 3.8) is 0 Å². The van der Waals surface area contributed by atoms with E-state index in [0.29, 0.717) is 11.1 Å². The largest absolute Gasteiger partial charge is 0.298 e. The fraction of sp³-hybridized carbons (Fsp3) is 0.125. The monoisotopic (exact) mass is 255 g/mol. The Morgan fingerprint density at radius 3 is 3.00 bits per heavy atom. The van der Waals surface area contributed by atoms with Crippen LogP contribution in [0.15, 0.2) is 16.7 Å². The molecule has 0 saturated heterocycles. The summed E-state index contributed by atoms with van der Waals surface area (Å²) in [6, 6.07) is 1.81. The average molecular weight is 256 g/mol. The molecular formula is C8H6BrN3O2. The molecule has 6 heteroatoms. The Morgan fingerprint density at radius 1 is 1.64 bits per heavy atom. The molecule has 2 rings (SSSR count). The number of H-pyrrole nitrogens is 1. The van der Waals surface area contributed by atoms with Crippen LogP contribution < -0.4 is 0 Å². The standard InChI is InChI=1S/C8H6BrN3O2/c1-4-6(9)2-5-3-10-11-7(5)8(4)12(13)14/h2-3H,1H3,(H,10,11). The van der Waals surface area contributed by atoms with Gasteiger partial charge in [-0.15, -0.1) is 0 Å². The SMILES string of the molecule is Cc1c(Br)cc2cn[nH]c2c1[N+](=O)[O-]. The number of nitro groups is 1. The van der Waals surface area contributed by atoms with E-state index in [2.05, 4.69) is 26.1 Å². The number of rotatable bonds is 1. The van der Waals surface area contributed by atoms with Gasteiger partial charge in [0.2, 0.25) is 0 Å². The molecule has 0 spiro atoms. The van der Waals surface area contributed by atoms with Crippen molar-refractivity contribution in [3.8, 4) is 0 Å². The second kappa shape index (κ2) is 3.06. The van der Waals surface area contributed by atoms with Gasteiger partial charge in [0.1, 0.15) is 5.52 Å². The van der Waals surface area contributed by atoms with Crippen LogP contribution in [0.2, 0.25) is 0 Å². The first kappa shape index (κ1) is 9.14. The minimum atomic E-state index is -0.402. The fourth-order valence-corrected chi connectivity index (χ4v) is 1.80. The summed E-state index contributed by atoms with van der Waals surface area (Å²) in [6.45, 7) is 1.70. The first-order chi connectivity index (χ1) is 6.61. The highest BCUT2D eigenvalue weighted by Crippen LogP contribution is 2.32. The number of nitrogens with zero attached hydrogens (tertiary/aromatic N) is 2. The number of fused-ring (bicyclic) bond motifs is 1. The molecule has 1 N–H and O–H groups in total. The second-order valence-electron chi connectivity index (χ2n) is 2.92. The first-order valence-corrected chi connectivity index (χ1v) is 4.67.